The lowest BCUT2D eigenvalue weighted by molar-refractivity contribution is 0.375. The summed E-state index contributed by atoms with van der Waals surface area (Å²) in [4.78, 5) is 6.78. The molecule has 1 aromatic heterocycles. The smallest absolute Gasteiger partial charge is 0.194 e. The van der Waals surface area contributed by atoms with Crippen molar-refractivity contribution >= 4 is 41.7 Å². The van der Waals surface area contributed by atoms with Gasteiger partial charge in [0.1, 0.15) is 0 Å². The van der Waals surface area contributed by atoms with E-state index in [0.717, 1.165) is 31.3 Å². The van der Waals surface area contributed by atoms with Crippen LogP contribution in [0.1, 0.15) is 19.5 Å². The minimum absolute atomic E-state index is 0. The Morgan fingerprint density at radius 1 is 1.50 bits per heavy atom. The maximum absolute atomic E-state index is 4.42. The van der Waals surface area contributed by atoms with E-state index in [1.54, 1.807) is 0 Å². The van der Waals surface area contributed by atoms with Crippen LogP contribution in [0.2, 0.25) is 0 Å². The summed E-state index contributed by atoms with van der Waals surface area (Å²) in [6.45, 7) is 7.54. The molecule has 2 heterocycles. The highest BCUT2D eigenvalue weighted by molar-refractivity contribution is 14.0. The first-order valence-corrected chi connectivity index (χ1v) is 7.70. The van der Waals surface area contributed by atoms with Crippen LogP contribution in [0.15, 0.2) is 23.3 Å². The first-order valence-electron chi connectivity index (χ1n) is 6.71. The van der Waals surface area contributed by atoms with Gasteiger partial charge < -0.3 is 14.8 Å². The minimum atomic E-state index is 0. The zero-order valence-electron chi connectivity index (χ0n) is 12.7. The van der Waals surface area contributed by atoms with Crippen molar-refractivity contribution in [3.8, 4) is 0 Å². The van der Waals surface area contributed by atoms with Gasteiger partial charge in [0.15, 0.2) is 5.96 Å². The van der Waals surface area contributed by atoms with E-state index < -0.39 is 0 Å². The van der Waals surface area contributed by atoms with Crippen molar-refractivity contribution in [3.05, 3.63) is 24.0 Å². The van der Waals surface area contributed by atoms with Gasteiger partial charge in [0.05, 0.1) is 6.54 Å². The number of hydrogen-bond acceptors (Lipinski definition) is 2. The molecular formula is C14H25IN4S. The molecule has 1 saturated heterocycles. The van der Waals surface area contributed by atoms with Crippen LogP contribution in [-0.2, 0) is 13.6 Å². The molecule has 0 unspecified atom stereocenters. The van der Waals surface area contributed by atoms with E-state index >= 15 is 0 Å². The minimum Gasteiger partial charge on any atom is -0.353 e. The fourth-order valence-corrected chi connectivity index (χ4v) is 3.49. The summed E-state index contributed by atoms with van der Waals surface area (Å²) in [5, 5.41) is 3.47. The number of aromatic nitrogens is 1. The second-order valence-electron chi connectivity index (χ2n) is 5.54. The Kier molecular flexibility index (Phi) is 6.71. The van der Waals surface area contributed by atoms with Crippen LogP contribution >= 0.6 is 35.7 Å². The fourth-order valence-electron chi connectivity index (χ4n) is 2.38. The lowest BCUT2D eigenvalue weighted by atomic mass is 10.2. The first-order chi connectivity index (χ1) is 9.02. The van der Waals surface area contributed by atoms with Crippen molar-refractivity contribution in [2.24, 2.45) is 12.0 Å². The fraction of sp³-hybridized carbons (Fsp3) is 0.643. The van der Waals surface area contributed by atoms with Crippen LogP contribution in [0, 0.1) is 0 Å². The third-order valence-electron chi connectivity index (χ3n) is 3.42. The van der Waals surface area contributed by atoms with Crippen LogP contribution in [0.5, 0.6) is 0 Å². The molecule has 4 nitrogen and oxygen atoms in total. The highest BCUT2D eigenvalue weighted by Crippen LogP contribution is 2.29. The molecule has 114 valence electrons. The van der Waals surface area contributed by atoms with Crippen molar-refractivity contribution in [3.63, 3.8) is 0 Å². The topological polar surface area (TPSA) is 32.6 Å². The maximum atomic E-state index is 4.42. The summed E-state index contributed by atoms with van der Waals surface area (Å²) >= 11 is 2.04. The lowest BCUT2D eigenvalue weighted by Gasteiger charge is -2.39. The number of aliphatic imine (C=N–C) groups is 1. The van der Waals surface area contributed by atoms with Crippen LogP contribution < -0.4 is 5.32 Å². The zero-order valence-corrected chi connectivity index (χ0v) is 15.9. The van der Waals surface area contributed by atoms with Crippen molar-refractivity contribution in [1.82, 2.24) is 14.8 Å². The molecule has 0 bridgehead atoms. The summed E-state index contributed by atoms with van der Waals surface area (Å²) in [6.07, 6.45) is 2.07. The first kappa shape index (κ1) is 17.7. The normalized spacial score (nSPS) is 18.6. The molecule has 0 amide bonds. The zero-order chi connectivity index (χ0) is 13.9. The van der Waals surface area contributed by atoms with Gasteiger partial charge in [-0.15, -0.1) is 24.0 Å². The molecule has 1 aromatic rings. The van der Waals surface area contributed by atoms with E-state index in [9.17, 15) is 0 Å². The number of hydrogen-bond donors (Lipinski definition) is 1. The van der Waals surface area contributed by atoms with Gasteiger partial charge in [0.2, 0.25) is 0 Å². The average molecular weight is 408 g/mol. The molecule has 0 spiro atoms. The van der Waals surface area contributed by atoms with Gasteiger partial charge in [-0.1, -0.05) is 0 Å². The molecule has 0 saturated carbocycles. The van der Waals surface area contributed by atoms with Gasteiger partial charge in [-0.2, -0.15) is 11.8 Å². The Morgan fingerprint density at radius 3 is 2.80 bits per heavy atom. The molecule has 20 heavy (non-hydrogen) atoms. The van der Waals surface area contributed by atoms with E-state index in [4.69, 9.17) is 0 Å². The summed E-state index contributed by atoms with van der Waals surface area (Å²) in [5.74, 6) is 2.17. The van der Waals surface area contributed by atoms with E-state index in [1.807, 2.05) is 18.8 Å². The average Bonchev–Trinajstić information content (AvgIpc) is 2.75. The maximum Gasteiger partial charge on any atom is 0.194 e. The monoisotopic (exact) mass is 408 g/mol. The molecule has 1 aliphatic rings. The van der Waals surface area contributed by atoms with Gasteiger partial charge in [-0.3, -0.25) is 4.99 Å². The van der Waals surface area contributed by atoms with Crippen molar-refractivity contribution in [2.45, 2.75) is 25.1 Å². The summed E-state index contributed by atoms with van der Waals surface area (Å²) in [7, 11) is 3.93. The van der Waals surface area contributed by atoms with E-state index in [-0.39, 0.29) is 24.0 Å². The molecule has 6 heteroatoms. The number of nitrogens with one attached hydrogen (secondary N) is 1. The highest BCUT2D eigenvalue weighted by Gasteiger charge is 2.28. The number of thioether (sulfide) groups is 1. The molecule has 0 aliphatic carbocycles. The Bertz CT molecular complexity index is 456. The van der Waals surface area contributed by atoms with E-state index in [1.165, 1.54) is 5.69 Å². The Hall–Kier alpha value is -0.370. The lowest BCUT2D eigenvalue weighted by Crippen LogP contribution is -2.50. The Morgan fingerprint density at radius 2 is 2.25 bits per heavy atom. The van der Waals surface area contributed by atoms with E-state index in [2.05, 4.69) is 59.0 Å². The quantitative estimate of drug-likeness (QED) is 0.464. The summed E-state index contributed by atoms with van der Waals surface area (Å²) in [6, 6.07) is 4.21. The van der Waals surface area contributed by atoms with Crippen LogP contribution in [-0.4, -0.2) is 46.1 Å². The van der Waals surface area contributed by atoms with Crippen molar-refractivity contribution < 1.29 is 0 Å². The number of guanidine groups is 1. The van der Waals surface area contributed by atoms with Crippen LogP contribution in [0.25, 0.3) is 0 Å². The third kappa shape index (κ3) is 4.58. The summed E-state index contributed by atoms with van der Waals surface area (Å²) in [5.41, 5.74) is 1.27. The van der Waals surface area contributed by atoms with Crippen molar-refractivity contribution in [1.29, 1.82) is 0 Å². The predicted octanol–water partition coefficient (Wildman–Crippen LogP) is 2.55. The largest absolute Gasteiger partial charge is 0.353 e. The van der Waals surface area contributed by atoms with E-state index in [0.29, 0.717) is 4.75 Å². The second kappa shape index (κ2) is 7.59. The summed E-state index contributed by atoms with van der Waals surface area (Å²) < 4.78 is 2.44. The number of nitrogens with zero attached hydrogens (tertiary/aromatic N) is 3. The van der Waals surface area contributed by atoms with Gasteiger partial charge >= 0.3 is 0 Å². The van der Waals surface area contributed by atoms with Gasteiger partial charge in [-0.25, -0.2) is 0 Å². The molecule has 0 atom stereocenters. The molecule has 2 rings (SSSR count). The second-order valence-corrected chi connectivity index (χ2v) is 7.34. The van der Waals surface area contributed by atoms with Crippen molar-refractivity contribution in [2.75, 3.05) is 25.9 Å². The van der Waals surface area contributed by atoms with Gasteiger partial charge in [0, 0.05) is 49.6 Å². The molecule has 1 aliphatic heterocycles. The number of rotatable bonds is 2. The molecule has 0 aromatic carbocycles. The number of halogens is 1. The van der Waals surface area contributed by atoms with Gasteiger partial charge in [0.25, 0.3) is 0 Å². The third-order valence-corrected chi connectivity index (χ3v) is 4.71. The highest BCUT2D eigenvalue weighted by atomic mass is 127. The molecule has 1 fully saturated rings. The Balaban J connectivity index is 0.00000200. The van der Waals surface area contributed by atoms with Crippen LogP contribution in [0.3, 0.4) is 0 Å². The SMILES string of the molecule is CN=C(NCc1cccn1C)N1CCSC(C)(C)C1.I. The van der Waals surface area contributed by atoms with Gasteiger partial charge in [-0.05, 0) is 26.0 Å². The molecule has 1 N–H and O–H groups in total. The standard InChI is InChI=1S/C14H24N4S.HI/c1-14(2)11-18(8-9-19-14)13(15-3)16-10-12-6-5-7-17(12)4;/h5-7H,8-11H2,1-4H3,(H,15,16);1H. The molecule has 0 radical (unpaired) electrons. The van der Waals surface area contributed by atoms with Crippen LogP contribution in [0.4, 0.5) is 0 Å². The Labute approximate surface area is 143 Å². The molecular weight excluding hydrogens is 383 g/mol. The predicted molar refractivity (Wildman–Crippen MR) is 99.1 cm³/mol. The number of aryl methyl sites for hydroxylation is 1.